The van der Waals surface area contributed by atoms with Gasteiger partial charge in [-0.25, -0.2) is 4.68 Å². The fraction of sp³-hybridized carbons (Fsp3) is 0.125. The van der Waals surface area contributed by atoms with E-state index in [1.165, 1.54) is 10.7 Å². The molecule has 0 fully saturated rings. The number of aromatic nitrogens is 2. The highest BCUT2D eigenvalue weighted by Crippen LogP contribution is 2.35. The van der Waals surface area contributed by atoms with Crippen LogP contribution in [0.15, 0.2) is 77.6 Å². The molecule has 5 rings (SSSR count). The van der Waals surface area contributed by atoms with E-state index in [4.69, 9.17) is 9.47 Å². The van der Waals surface area contributed by atoms with Crippen LogP contribution in [0.3, 0.4) is 0 Å². The Bertz CT molecular complexity index is 1360. The van der Waals surface area contributed by atoms with Gasteiger partial charge < -0.3 is 14.8 Å². The highest BCUT2D eigenvalue weighted by molar-refractivity contribution is 6.03. The van der Waals surface area contributed by atoms with Crippen LogP contribution in [-0.4, -0.2) is 22.5 Å². The third-order valence-corrected chi connectivity index (χ3v) is 5.29. The zero-order chi connectivity index (χ0) is 21.4. The average Bonchev–Trinajstić information content (AvgIpc) is 3.27. The van der Waals surface area contributed by atoms with Crippen molar-refractivity contribution in [1.29, 1.82) is 0 Å². The monoisotopic (exact) mass is 413 g/mol. The van der Waals surface area contributed by atoms with Crippen molar-refractivity contribution in [1.82, 2.24) is 9.78 Å². The molecule has 1 aliphatic heterocycles. The van der Waals surface area contributed by atoms with Gasteiger partial charge in [-0.15, -0.1) is 0 Å². The van der Waals surface area contributed by atoms with Crippen LogP contribution in [0.5, 0.6) is 11.5 Å². The highest BCUT2D eigenvalue weighted by Gasteiger charge is 2.20. The summed E-state index contributed by atoms with van der Waals surface area (Å²) in [5.41, 5.74) is 1.65. The van der Waals surface area contributed by atoms with E-state index in [0.29, 0.717) is 22.9 Å². The van der Waals surface area contributed by atoms with Crippen LogP contribution < -0.4 is 20.3 Å². The number of hydrogen-bond donors (Lipinski definition) is 1. The number of nitrogens with zero attached hydrogens (tertiary/aromatic N) is 2. The number of nitrogens with one attached hydrogen (secondary N) is 1. The van der Waals surface area contributed by atoms with Crippen LogP contribution in [0.2, 0.25) is 0 Å². The van der Waals surface area contributed by atoms with Gasteiger partial charge in [0, 0.05) is 22.7 Å². The number of hydrogen-bond acceptors (Lipinski definition) is 5. The minimum Gasteiger partial charge on any atom is -0.454 e. The molecule has 154 valence electrons. The SMILES string of the molecule is CC(C(=O)Nc1cccc2ccccc12)n1nc(-c2ccc3c(c2)OCO3)ccc1=O. The molecule has 7 nitrogen and oxygen atoms in total. The number of anilines is 1. The molecule has 2 heterocycles. The van der Waals surface area contributed by atoms with Gasteiger partial charge in [0.2, 0.25) is 12.7 Å². The maximum absolute atomic E-state index is 13.0. The number of benzene rings is 3. The molecule has 1 aliphatic rings. The standard InChI is InChI=1S/C24H19N3O4/c1-15(24(29)25-20-8-4-6-16-5-2-3-7-18(16)20)27-23(28)12-10-19(26-27)17-9-11-21-22(13-17)31-14-30-21/h2-13,15H,14H2,1H3,(H,25,29). The fourth-order valence-electron chi connectivity index (χ4n) is 3.60. The summed E-state index contributed by atoms with van der Waals surface area (Å²) in [6.45, 7) is 1.83. The molecule has 1 amide bonds. The quantitative estimate of drug-likeness (QED) is 0.547. The summed E-state index contributed by atoms with van der Waals surface area (Å²) < 4.78 is 12.0. The van der Waals surface area contributed by atoms with Crippen LogP contribution in [0.4, 0.5) is 5.69 Å². The zero-order valence-corrected chi connectivity index (χ0v) is 16.7. The Balaban J connectivity index is 1.44. The Morgan fingerprint density at radius 1 is 1.00 bits per heavy atom. The average molecular weight is 413 g/mol. The molecule has 1 N–H and O–H groups in total. The van der Waals surface area contributed by atoms with Crippen LogP contribution in [0, 0.1) is 0 Å². The maximum Gasteiger partial charge on any atom is 0.267 e. The van der Waals surface area contributed by atoms with Gasteiger partial charge in [-0.2, -0.15) is 5.10 Å². The Morgan fingerprint density at radius 3 is 2.71 bits per heavy atom. The Morgan fingerprint density at radius 2 is 1.81 bits per heavy atom. The molecule has 3 aromatic carbocycles. The van der Waals surface area contributed by atoms with E-state index in [1.807, 2.05) is 48.5 Å². The van der Waals surface area contributed by atoms with Gasteiger partial charge in [-0.1, -0.05) is 36.4 Å². The molecule has 0 radical (unpaired) electrons. The number of rotatable bonds is 4. The smallest absolute Gasteiger partial charge is 0.267 e. The number of ether oxygens (including phenoxy) is 2. The van der Waals surface area contributed by atoms with Gasteiger partial charge >= 0.3 is 0 Å². The molecular weight excluding hydrogens is 394 g/mol. The lowest BCUT2D eigenvalue weighted by Crippen LogP contribution is -2.33. The zero-order valence-electron chi connectivity index (χ0n) is 16.7. The number of carbonyl (C=O) groups excluding carboxylic acids is 1. The lowest BCUT2D eigenvalue weighted by molar-refractivity contribution is -0.119. The molecule has 1 atom stereocenters. The van der Waals surface area contributed by atoms with Crippen LogP contribution in [0.1, 0.15) is 13.0 Å². The molecule has 4 aromatic rings. The van der Waals surface area contributed by atoms with E-state index in [2.05, 4.69) is 10.4 Å². The first kappa shape index (κ1) is 18.9. The van der Waals surface area contributed by atoms with Crippen molar-refractivity contribution in [3.8, 4) is 22.8 Å². The van der Waals surface area contributed by atoms with Crippen molar-refractivity contribution < 1.29 is 14.3 Å². The van der Waals surface area contributed by atoms with E-state index >= 15 is 0 Å². The van der Waals surface area contributed by atoms with Crippen molar-refractivity contribution in [2.75, 3.05) is 12.1 Å². The van der Waals surface area contributed by atoms with Gasteiger partial charge in [-0.3, -0.25) is 9.59 Å². The fourth-order valence-corrected chi connectivity index (χ4v) is 3.60. The van der Waals surface area contributed by atoms with Crippen molar-refractivity contribution in [2.24, 2.45) is 0 Å². The molecule has 1 unspecified atom stereocenters. The van der Waals surface area contributed by atoms with Crippen LogP contribution in [0.25, 0.3) is 22.0 Å². The van der Waals surface area contributed by atoms with E-state index < -0.39 is 6.04 Å². The molecule has 31 heavy (non-hydrogen) atoms. The summed E-state index contributed by atoms with van der Waals surface area (Å²) in [6.07, 6.45) is 0. The second-order valence-corrected chi connectivity index (χ2v) is 7.26. The predicted molar refractivity (Wildman–Crippen MR) is 117 cm³/mol. The molecular formula is C24H19N3O4. The molecule has 0 saturated heterocycles. The summed E-state index contributed by atoms with van der Waals surface area (Å²) >= 11 is 0. The summed E-state index contributed by atoms with van der Waals surface area (Å²) in [7, 11) is 0. The lowest BCUT2D eigenvalue weighted by atomic mass is 10.1. The van der Waals surface area contributed by atoms with Crippen molar-refractivity contribution >= 4 is 22.4 Å². The van der Waals surface area contributed by atoms with E-state index in [1.54, 1.807) is 25.1 Å². The second-order valence-electron chi connectivity index (χ2n) is 7.26. The van der Waals surface area contributed by atoms with Crippen LogP contribution >= 0.6 is 0 Å². The summed E-state index contributed by atoms with van der Waals surface area (Å²) in [5, 5.41) is 9.32. The summed E-state index contributed by atoms with van der Waals surface area (Å²) in [4.78, 5) is 25.4. The second kappa shape index (κ2) is 7.60. The van der Waals surface area contributed by atoms with E-state index in [-0.39, 0.29) is 18.3 Å². The number of carbonyl (C=O) groups is 1. The molecule has 7 heteroatoms. The minimum atomic E-state index is -0.805. The van der Waals surface area contributed by atoms with Gasteiger partial charge in [0.1, 0.15) is 6.04 Å². The Kier molecular flexibility index (Phi) is 4.63. The first-order valence-corrected chi connectivity index (χ1v) is 9.89. The summed E-state index contributed by atoms with van der Waals surface area (Å²) in [6, 6.07) is 21.2. The van der Waals surface area contributed by atoms with Crippen molar-refractivity contribution in [2.45, 2.75) is 13.0 Å². The lowest BCUT2D eigenvalue weighted by Gasteiger charge is -2.16. The molecule has 0 aliphatic carbocycles. The van der Waals surface area contributed by atoms with Crippen molar-refractivity contribution in [3.05, 3.63) is 83.2 Å². The third-order valence-electron chi connectivity index (χ3n) is 5.29. The largest absolute Gasteiger partial charge is 0.454 e. The van der Waals surface area contributed by atoms with Gasteiger partial charge in [0.25, 0.3) is 5.56 Å². The van der Waals surface area contributed by atoms with Gasteiger partial charge in [0.05, 0.1) is 5.69 Å². The normalized spacial score (nSPS) is 13.2. The van der Waals surface area contributed by atoms with Gasteiger partial charge in [0.15, 0.2) is 11.5 Å². The summed E-state index contributed by atoms with van der Waals surface area (Å²) in [5.74, 6) is 0.965. The maximum atomic E-state index is 13.0. The number of fused-ring (bicyclic) bond motifs is 2. The first-order chi connectivity index (χ1) is 15.1. The Hall–Kier alpha value is -4.13. The molecule has 1 aromatic heterocycles. The van der Waals surface area contributed by atoms with E-state index in [9.17, 15) is 9.59 Å². The number of amides is 1. The van der Waals surface area contributed by atoms with Crippen molar-refractivity contribution in [3.63, 3.8) is 0 Å². The molecule has 0 saturated carbocycles. The third kappa shape index (κ3) is 3.50. The molecule has 0 bridgehead atoms. The Labute approximate surface area is 177 Å². The van der Waals surface area contributed by atoms with Gasteiger partial charge in [-0.05, 0) is 42.6 Å². The highest BCUT2D eigenvalue weighted by atomic mass is 16.7. The molecule has 0 spiro atoms. The predicted octanol–water partition coefficient (Wildman–Crippen LogP) is 3.99. The minimum absolute atomic E-state index is 0.178. The van der Waals surface area contributed by atoms with Crippen LogP contribution in [-0.2, 0) is 4.79 Å². The topological polar surface area (TPSA) is 82.5 Å². The van der Waals surface area contributed by atoms with E-state index in [0.717, 1.165) is 16.3 Å². The first-order valence-electron chi connectivity index (χ1n) is 9.89.